The Balaban J connectivity index is 3.02. The number of carboxylic acids is 1. The molecule has 0 unspecified atom stereocenters. The summed E-state index contributed by atoms with van der Waals surface area (Å²) < 4.78 is 1.20. The first kappa shape index (κ1) is 17.1. The number of fused-ring (bicyclic) bond motifs is 1. The number of primary amides is 1. The van der Waals surface area contributed by atoms with Gasteiger partial charge in [0.2, 0.25) is 0 Å². The molecule has 0 saturated carbocycles. The summed E-state index contributed by atoms with van der Waals surface area (Å²) in [5.41, 5.74) is 3.86. The Morgan fingerprint density at radius 1 is 1.35 bits per heavy atom. The molecule has 23 heavy (non-hydrogen) atoms. The van der Waals surface area contributed by atoms with E-state index in [9.17, 15) is 19.5 Å². The number of nitrogens with zero attached hydrogens (tertiary/aromatic N) is 2. The Morgan fingerprint density at radius 3 is 2.35 bits per heavy atom. The van der Waals surface area contributed by atoms with Crippen LogP contribution in [-0.4, -0.2) is 26.5 Å². The van der Waals surface area contributed by atoms with Gasteiger partial charge in [0.05, 0.1) is 10.3 Å². The summed E-state index contributed by atoms with van der Waals surface area (Å²) in [7, 11) is 0. The minimum atomic E-state index is -1.46. The molecule has 1 amide bonds. The van der Waals surface area contributed by atoms with Crippen LogP contribution in [0.3, 0.4) is 0 Å². The summed E-state index contributed by atoms with van der Waals surface area (Å²) in [4.78, 5) is 41.2. The van der Waals surface area contributed by atoms with E-state index in [2.05, 4.69) is 4.98 Å². The van der Waals surface area contributed by atoms with Crippen molar-refractivity contribution in [1.29, 1.82) is 0 Å². The highest BCUT2D eigenvalue weighted by Crippen LogP contribution is 2.30. The average Bonchev–Trinajstić information content (AvgIpc) is 2.75. The van der Waals surface area contributed by atoms with Crippen LogP contribution in [0, 0.1) is 6.92 Å². The second-order valence-corrected chi connectivity index (χ2v) is 7.23. The molecule has 2 rings (SSSR count). The highest BCUT2D eigenvalue weighted by molar-refractivity contribution is 7.20. The summed E-state index contributed by atoms with van der Waals surface area (Å²) in [6.07, 6.45) is 0. The minimum absolute atomic E-state index is 0.162. The molecule has 0 radical (unpaired) electrons. The minimum Gasteiger partial charge on any atom is -0.480 e. The fourth-order valence-corrected chi connectivity index (χ4v) is 3.49. The molecule has 0 aliphatic heterocycles. The van der Waals surface area contributed by atoms with Crippen molar-refractivity contribution in [2.75, 3.05) is 0 Å². The maximum absolute atomic E-state index is 13.0. The quantitative estimate of drug-likeness (QED) is 0.883. The molecule has 0 aliphatic carbocycles. The topological polar surface area (TPSA) is 115 Å². The van der Waals surface area contributed by atoms with Crippen molar-refractivity contribution in [3.63, 3.8) is 0 Å². The van der Waals surface area contributed by atoms with Gasteiger partial charge in [-0.05, 0) is 26.3 Å². The number of nitrogens with two attached hydrogens (primary N) is 1. The van der Waals surface area contributed by atoms with Gasteiger partial charge in [0, 0.05) is 5.92 Å². The van der Waals surface area contributed by atoms with Crippen molar-refractivity contribution >= 4 is 33.4 Å². The third-order valence-corrected chi connectivity index (χ3v) is 5.01. The molecule has 0 spiro atoms. The Hall–Kier alpha value is -2.22. The van der Waals surface area contributed by atoms with E-state index in [0.29, 0.717) is 16.2 Å². The number of aromatic nitrogens is 2. The maximum atomic E-state index is 13.0. The normalized spacial score (nSPS) is 12.1. The van der Waals surface area contributed by atoms with Gasteiger partial charge in [-0.3, -0.25) is 14.2 Å². The fourth-order valence-electron chi connectivity index (χ4n) is 2.46. The molecule has 2 aromatic heterocycles. The van der Waals surface area contributed by atoms with Crippen molar-refractivity contribution in [2.24, 2.45) is 5.73 Å². The lowest BCUT2D eigenvalue weighted by atomic mass is 10.0. The molecular formula is C15H19N3O4S. The van der Waals surface area contributed by atoms with E-state index in [1.807, 2.05) is 13.8 Å². The monoisotopic (exact) mass is 337 g/mol. The molecule has 0 atom stereocenters. The molecule has 0 fully saturated rings. The number of thiophene rings is 1. The van der Waals surface area contributed by atoms with Crippen molar-refractivity contribution < 1.29 is 14.7 Å². The number of carbonyl (C=O) groups excluding carboxylic acids is 1. The van der Waals surface area contributed by atoms with Crippen LogP contribution in [0.4, 0.5) is 0 Å². The van der Waals surface area contributed by atoms with Gasteiger partial charge in [-0.1, -0.05) is 13.8 Å². The van der Waals surface area contributed by atoms with Gasteiger partial charge in [0.15, 0.2) is 0 Å². The molecule has 2 aromatic rings. The average molecular weight is 337 g/mol. The summed E-state index contributed by atoms with van der Waals surface area (Å²) in [5, 5.41) is 9.75. The Morgan fingerprint density at radius 2 is 1.91 bits per heavy atom. The molecule has 0 bridgehead atoms. The Bertz CT molecular complexity index is 877. The van der Waals surface area contributed by atoms with Crippen molar-refractivity contribution in [2.45, 2.75) is 46.1 Å². The lowest BCUT2D eigenvalue weighted by Crippen LogP contribution is -2.45. The van der Waals surface area contributed by atoms with Gasteiger partial charge in [0.1, 0.15) is 16.2 Å². The van der Waals surface area contributed by atoms with E-state index in [1.165, 1.54) is 18.4 Å². The maximum Gasteiger partial charge on any atom is 0.329 e. The van der Waals surface area contributed by atoms with E-state index >= 15 is 0 Å². The predicted octanol–water partition coefficient (Wildman–Crippen LogP) is 1.81. The first-order valence-corrected chi connectivity index (χ1v) is 7.91. The molecule has 0 aromatic carbocycles. The zero-order valence-electron chi connectivity index (χ0n) is 13.6. The number of carbonyl (C=O) groups is 2. The number of amides is 1. The molecule has 3 N–H and O–H groups in total. The second-order valence-electron chi connectivity index (χ2n) is 6.23. The summed E-state index contributed by atoms with van der Waals surface area (Å²) in [5.74, 6) is -1.55. The van der Waals surface area contributed by atoms with Gasteiger partial charge in [-0.15, -0.1) is 11.3 Å². The summed E-state index contributed by atoms with van der Waals surface area (Å²) in [6, 6.07) is 0. The lowest BCUT2D eigenvalue weighted by Gasteiger charge is -2.26. The summed E-state index contributed by atoms with van der Waals surface area (Å²) >= 11 is 1.06. The van der Waals surface area contributed by atoms with Crippen LogP contribution in [0.2, 0.25) is 0 Å². The molecule has 7 nitrogen and oxygen atoms in total. The van der Waals surface area contributed by atoms with E-state index < -0.39 is 23.0 Å². The fraction of sp³-hybridized carbons (Fsp3) is 0.467. The first-order valence-electron chi connectivity index (χ1n) is 7.09. The Kier molecular flexibility index (Phi) is 4.06. The van der Waals surface area contributed by atoms with Gasteiger partial charge in [-0.2, -0.15) is 0 Å². The number of aryl methyl sites for hydroxylation is 1. The van der Waals surface area contributed by atoms with Crippen LogP contribution in [0.5, 0.6) is 0 Å². The van der Waals surface area contributed by atoms with Gasteiger partial charge < -0.3 is 10.8 Å². The van der Waals surface area contributed by atoms with E-state index in [1.54, 1.807) is 6.92 Å². The largest absolute Gasteiger partial charge is 0.480 e. The van der Waals surface area contributed by atoms with Crippen LogP contribution in [0.15, 0.2) is 4.79 Å². The Labute approximate surface area is 136 Å². The molecule has 8 heteroatoms. The zero-order valence-corrected chi connectivity index (χ0v) is 14.4. The number of hydrogen-bond donors (Lipinski definition) is 2. The van der Waals surface area contributed by atoms with Crippen LogP contribution < -0.4 is 11.3 Å². The number of rotatable bonds is 4. The van der Waals surface area contributed by atoms with E-state index in [0.717, 1.165) is 11.3 Å². The van der Waals surface area contributed by atoms with Crippen molar-refractivity contribution in [3.8, 4) is 0 Å². The molecule has 0 aliphatic rings. The van der Waals surface area contributed by atoms with Gasteiger partial charge in [-0.25, -0.2) is 9.78 Å². The van der Waals surface area contributed by atoms with E-state index in [-0.39, 0.29) is 16.2 Å². The molecular weight excluding hydrogens is 318 g/mol. The molecule has 2 heterocycles. The highest BCUT2D eigenvalue weighted by Gasteiger charge is 2.35. The van der Waals surface area contributed by atoms with Crippen molar-refractivity contribution in [1.82, 2.24) is 9.55 Å². The van der Waals surface area contributed by atoms with E-state index in [4.69, 9.17) is 5.73 Å². The SMILES string of the molecule is Cc1c(C(N)=O)sc2nc(C(C)C)n(C(C)(C)C(=O)O)c(=O)c12. The third-order valence-electron chi connectivity index (χ3n) is 3.81. The van der Waals surface area contributed by atoms with Crippen LogP contribution in [0.25, 0.3) is 10.2 Å². The third kappa shape index (κ3) is 2.52. The first-order chi connectivity index (χ1) is 10.5. The molecule has 0 saturated heterocycles. The van der Waals surface area contributed by atoms with Gasteiger partial charge >= 0.3 is 5.97 Å². The summed E-state index contributed by atoms with van der Waals surface area (Å²) in [6.45, 7) is 8.18. The number of aliphatic carboxylic acids is 1. The van der Waals surface area contributed by atoms with Gasteiger partial charge in [0.25, 0.3) is 11.5 Å². The smallest absolute Gasteiger partial charge is 0.329 e. The standard InChI is InChI=1S/C15H19N3O4S/c1-6(2)11-17-12-8(7(3)9(23-12)10(16)19)13(20)18(11)15(4,5)14(21)22/h6H,1-5H3,(H2,16,19)(H,21,22). The second kappa shape index (κ2) is 5.45. The zero-order chi connectivity index (χ0) is 17.7. The van der Waals surface area contributed by atoms with Crippen LogP contribution >= 0.6 is 11.3 Å². The van der Waals surface area contributed by atoms with Crippen LogP contribution in [-0.2, 0) is 10.3 Å². The van der Waals surface area contributed by atoms with Crippen molar-refractivity contribution in [3.05, 3.63) is 26.6 Å². The van der Waals surface area contributed by atoms with Crippen LogP contribution in [0.1, 0.15) is 54.7 Å². The number of carboxylic acid groups (broad SMARTS) is 1. The highest BCUT2D eigenvalue weighted by atomic mass is 32.1. The predicted molar refractivity (Wildman–Crippen MR) is 88.2 cm³/mol. The lowest BCUT2D eigenvalue weighted by molar-refractivity contribution is -0.146. The number of hydrogen-bond acceptors (Lipinski definition) is 5. The molecule has 124 valence electrons.